The molecule has 0 aliphatic carbocycles. The van der Waals surface area contributed by atoms with E-state index in [2.05, 4.69) is 41.2 Å². The molecule has 0 aliphatic heterocycles. The normalized spacial score (nSPS) is 8.97. The van der Waals surface area contributed by atoms with Crippen LogP contribution in [-0.2, 0) is 39.0 Å². The molecular formula is C44H36N9O3Ru2. The number of aromatic nitrogens is 4. The largest absolute Gasteiger partial charge is 3.00 e. The van der Waals surface area contributed by atoms with Crippen LogP contribution in [0.15, 0.2) is 219 Å². The molecule has 1 radical (unpaired) electrons. The molecule has 0 saturated heterocycles. The van der Waals surface area contributed by atoms with E-state index in [1.54, 1.807) is 24.8 Å². The SMILES string of the molecule is O=[N+]([O-])[O-].[Ru+2].[Ru+3].c1ccc([N-]c2ccccn2)cc1.c1ccc([N-]c2ccccn2)cc1.c1ccc([N-]c2ccccn2)cc1.c1ccc([N-]c2ccccn2)cc1. The van der Waals surface area contributed by atoms with Gasteiger partial charge in [0.2, 0.25) is 0 Å². The first-order chi connectivity index (χ1) is 27.5. The number of pyridine rings is 4. The third-order valence-corrected chi connectivity index (χ3v) is 6.60. The Morgan fingerprint density at radius 1 is 0.328 bits per heavy atom. The van der Waals surface area contributed by atoms with Crippen molar-refractivity contribution in [3.63, 3.8) is 0 Å². The maximum Gasteiger partial charge on any atom is 3.00 e. The van der Waals surface area contributed by atoms with E-state index >= 15 is 0 Å². The summed E-state index contributed by atoms with van der Waals surface area (Å²) in [5.74, 6) is 2.98. The molecule has 8 aromatic rings. The molecule has 0 unspecified atom stereocenters. The zero-order valence-corrected chi connectivity index (χ0v) is 34.2. The van der Waals surface area contributed by atoms with Gasteiger partial charge in [-0.3, -0.25) is 0 Å². The van der Waals surface area contributed by atoms with Crippen LogP contribution in [0.1, 0.15) is 0 Å². The third kappa shape index (κ3) is 21.3. The second-order valence-electron chi connectivity index (χ2n) is 10.8. The molecule has 0 fully saturated rings. The average Bonchev–Trinajstić information content (AvgIpc) is 3.24. The minimum Gasteiger partial charge on any atom is -0.443 e. The van der Waals surface area contributed by atoms with Crippen molar-refractivity contribution < 1.29 is 44.0 Å². The average molecular weight is 941 g/mol. The first-order valence-electron chi connectivity index (χ1n) is 17.1. The van der Waals surface area contributed by atoms with E-state index in [4.69, 9.17) is 15.3 Å². The monoisotopic (exact) mass is 942 g/mol. The van der Waals surface area contributed by atoms with Gasteiger partial charge in [-0.1, -0.05) is 242 Å². The molecule has 8 rings (SSSR count). The summed E-state index contributed by atoms with van der Waals surface area (Å²) in [6, 6.07) is 61.9. The Morgan fingerprint density at radius 2 is 0.500 bits per heavy atom. The summed E-state index contributed by atoms with van der Waals surface area (Å²) in [5, 5.41) is 32.1. The maximum absolute atomic E-state index is 8.25. The van der Waals surface area contributed by atoms with Gasteiger partial charge in [0, 0.05) is 0 Å². The van der Waals surface area contributed by atoms with Gasteiger partial charge in [0.05, 0.1) is 5.09 Å². The van der Waals surface area contributed by atoms with Crippen LogP contribution in [-0.4, -0.2) is 25.0 Å². The topological polar surface area (TPSA) is 174 Å². The molecule has 291 valence electrons. The van der Waals surface area contributed by atoms with E-state index in [-0.39, 0.29) is 39.0 Å². The van der Waals surface area contributed by atoms with E-state index in [9.17, 15) is 0 Å². The van der Waals surface area contributed by atoms with E-state index in [1.807, 2.05) is 194 Å². The molecule has 0 saturated carbocycles. The molecule has 0 bridgehead atoms. The molecule has 4 heterocycles. The fraction of sp³-hybridized carbons (Fsp3) is 0. The summed E-state index contributed by atoms with van der Waals surface area (Å²) in [5.41, 5.74) is 3.73. The Kier molecular flexibility index (Phi) is 24.0. The van der Waals surface area contributed by atoms with Crippen molar-refractivity contribution >= 4 is 46.0 Å². The molecular weight excluding hydrogens is 905 g/mol. The summed E-state index contributed by atoms with van der Waals surface area (Å²) in [6.45, 7) is 0. The Labute approximate surface area is 363 Å². The molecule has 58 heavy (non-hydrogen) atoms. The molecule has 0 amide bonds. The molecule has 4 aromatic heterocycles. The van der Waals surface area contributed by atoms with Crippen molar-refractivity contribution in [2.75, 3.05) is 0 Å². The van der Waals surface area contributed by atoms with Gasteiger partial charge >= 0.3 is 39.0 Å². The minimum absolute atomic E-state index is 0. The van der Waals surface area contributed by atoms with Crippen molar-refractivity contribution in [1.29, 1.82) is 0 Å². The summed E-state index contributed by atoms with van der Waals surface area (Å²) >= 11 is 0. The smallest absolute Gasteiger partial charge is 0.443 e. The minimum atomic E-state index is -1.75. The number of hydrogen-bond donors (Lipinski definition) is 0. The first-order valence-corrected chi connectivity index (χ1v) is 17.1. The Balaban J connectivity index is 0.000000256. The fourth-order valence-electron chi connectivity index (χ4n) is 4.22. The van der Waals surface area contributed by atoms with Crippen molar-refractivity contribution in [3.05, 3.63) is 255 Å². The van der Waals surface area contributed by atoms with Crippen LogP contribution in [0.25, 0.3) is 21.3 Å². The number of nitrogens with zero attached hydrogens (tertiary/aromatic N) is 9. The van der Waals surface area contributed by atoms with Gasteiger partial charge in [0.1, 0.15) is 0 Å². The van der Waals surface area contributed by atoms with E-state index < -0.39 is 5.09 Å². The van der Waals surface area contributed by atoms with Crippen LogP contribution in [0.4, 0.5) is 46.0 Å². The number of rotatable bonds is 8. The van der Waals surface area contributed by atoms with Gasteiger partial charge in [-0.15, -0.1) is 0 Å². The Hall–Kier alpha value is -6.87. The summed E-state index contributed by atoms with van der Waals surface area (Å²) in [6.07, 6.45) is 6.95. The van der Waals surface area contributed by atoms with Gasteiger partial charge in [-0.2, -0.15) is 0 Å². The number of para-hydroxylation sites is 4. The van der Waals surface area contributed by atoms with Crippen molar-refractivity contribution in [3.8, 4) is 0 Å². The van der Waals surface area contributed by atoms with Crippen LogP contribution >= 0.6 is 0 Å². The van der Waals surface area contributed by atoms with Gasteiger partial charge in [-0.05, 0) is 22.7 Å². The molecule has 14 heteroatoms. The molecule has 4 aromatic carbocycles. The fourth-order valence-corrected chi connectivity index (χ4v) is 4.22. The van der Waals surface area contributed by atoms with Crippen LogP contribution < -0.4 is 0 Å². The Morgan fingerprint density at radius 3 is 0.655 bits per heavy atom. The standard InChI is InChI=1S/4C11H9N2.NO3.2Ru/c4*1-2-6-10(7-3-1)13-11-8-4-5-9-12-11;2-1(3)4;;/h4*1-9H;;;/q5*-1;+2;+3. The van der Waals surface area contributed by atoms with Crippen molar-refractivity contribution in [2.45, 2.75) is 0 Å². The summed E-state index contributed by atoms with van der Waals surface area (Å²) < 4.78 is 0. The summed E-state index contributed by atoms with van der Waals surface area (Å²) in [4.78, 5) is 24.7. The van der Waals surface area contributed by atoms with E-state index in [0.717, 1.165) is 46.0 Å². The Bertz CT molecular complexity index is 1710. The van der Waals surface area contributed by atoms with E-state index in [0.29, 0.717) is 0 Å². The van der Waals surface area contributed by atoms with E-state index in [1.165, 1.54) is 0 Å². The van der Waals surface area contributed by atoms with Crippen molar-refractivity contribution in [2.24, 2.45) is 0 Å². The van der Waals surface area contributed by atoms with Crippen LogP contribution in [0, 0.1) is 15.3 Å². The molecule has 0 N–H and O–H groups in total. The predicted octanol–water partition coefficient (Wildman–Crippen LogP) is 13.4. The van der Waals surface area contributed by atoms with Gasteiger partial charge in [-0.25, -0.2) is 0 Å². The number of hydrogen-bond acceptors (Lipinski definition) is 7. The molecule has 0 atom stereocenters. The second-order valence-corrected chi connectivity index (χ2v) is 10.8. The predicted molar refractivity (Wildman–Crippen MR) is 224 cm³/mol. The van der Waals surface area contributed by atoms with Gasteiger partial charge < -0.3 is 56.5 Å². The quantitative estimate of drug-likeness (QED) is 0.0827. The molecule has 12 nitrogen and oxygen atoms in total. The third-order valence-electron chi connectivity index (χ3n) is 6.60. The maximum atomic E-state index is 8.25. The van der Waals surface area contributed by atoms with Crippen LogP contribution in [0.3, 0.4) is 0 Å². The zero-order valence-electron chi connectivity index (χ0n) is 30.7. The molecule has 0 aliphatic rings. The number of benzene rings is 4. The van der Waals surface area contributed by atoms with Crippen LogP contribution in [0.2, 0.25) is 0 Å². The van der Waals surface area contributed by atoms with Gasteiger partial charge in [0.25, 0.3) is 0 Å². The van der Waals surface area contributed by atoms with Crippen molar-refractivity contribution in [1.82, 2.24) is 19.9 Å². The van der Waals surface area contributed by atoms with Crippen LogP contribution in [0.5, 0.6) is 0 Å². The first kappa shape index (κ1) is 47.3. The zero-order chi connectivity index (χ0) is 39.3. The van der Waals surface area contributed by atoms with Gasteiger partial charge in [0.15, 0.2) is 0 Å². The summed E-state index contributed by atoms with van der Waals surface area (Å²) in [7, 11) is 0. The second kappa shape index (κ2) is 29.4. The molecule has 0 spiro atoms.